The van der Waals surface area contributed by atoms with Crippen LogP contribution in [-0.2, 0) is 11.6 Å². The standard InChI is InChI=1S/C18H16F5N3O3/c1-8-4-7-24-26(8)15(27)10-11(17(2)5-3-6-17)9(16(28)29)12(14(19)20)25-13(10)18(21,22)23/h4,7,14H,3,5-6H2,1-2H3,(H,28,29). The summed E-state index contributed by atoms with van der Waals surface area (Å²) >= 11 is 0. The van der Waals surface area contributed by atoms with Gasteiger partial charge in [0.05, 0.1) is 11.1 Å². The normalized spacial score (nSPS) is 16.0. The van der Waals surface area contributed by atoms with Crippen molar-refractivity contribution in [3.8, 4) is 0 Å². The number of carboxylic acids is 1. The number of rotatable bonds is 4. The van der Waals surface area contributed by atoms with Crippen LogP contribution in [0.15, 0.2) is 12.3 Å². The lowest BCUT2D eigenvalue weighted by atomic mass is 9.63. The summed E-state index contributed by atoms with van der Waals surface area (Å²) in [5, 5.41) is 13.3. The van der Waals surface area contributed by atoms with Gasteiger partial charge in [0.2, 0.25) is 0 Å². The van der Waals surface area contributed by atoms with Crippen molar-refractivity contribution in [2.75, 3.05) is 0 Å². The van der Waals surface area contributed by atoms with Crippen molar-refractivity contribution < 1.29 is 36.6 Å². The van der Waals surface area contributed by atoms with Gasteiger partial charge in [0, 0.05) is 11.9 Å². The van der Waals surface area contributed by atoms with Crippen LogP contribution in [0.25, 0.3) is 0 Å². The number of carbonyl (C=O) groups excluding carboxylic acids is 1. The van der Waals surface area contributed by atoms with Crippen LogP contribution >= 0.6 is 0 Å². The van der Waals surface area contributed by atoms with Crippen LogP contribution in [0.3, 0.4) is 0 Å². The van der Waals surface area contributed by atoms with Crippen LogP contribution < -0.4 is 0 Å². The monoisotopic (exact) mass is 417 g/mol. The molecule has 0 aliphatic heterocycles. The molecule has 0 bridgehead atoms. The third-order valence-corrected chi connectivity index (χ3v) is 5.21. The van der Waals surface area contributed by atoms with Crippen molar-refractivity contribution >= 4 is 11.9 Å². The number of halogens is 5. The molecule has 0 atom stereocenters. The van der Waals surface area contributed by atoms with Crippen molar-refractivity contribution in [2.24, 2.45) is 0 Å². The molecule has 0 amide bonds. The van der Waals surface area contributed by atoms with Crippen molar-refractivity contribution in [1.29, 1.82) is 0 Å². The Bertz CT molecular complexity index is 993. The number of pyridine rings is 1. The second kappa shape index (κ2) is 6.89. The van der Waals surface area contributed by atoms with E-state index in [1.54, 1.807) is 0 Å². The van der Waals surface area contributed by atoms with Gasteiger partial charge in [-0.05, 0) is 36.8 Å². The lowest BCUT2D eigenvalue weighted by molar-refractivity contribution is -0.142. The fraction of sp³-hybridized carbons (Fsp3) is 0.444. The van der Waals surface area contributed by atoms with Gasteiger partial charge < -0.3 is 5.11 Å². The first-order chi connectivity index (χ1) is 13.4. The second-order valence-electron chi connectivity index (χ2n) is 7.18. The van der Waals surface area contributed by atoms with E-state index in [0.717, 1.165) is 0 Å². The SMILES string of the molecule is Cc1ccnn1C(=O)c1c(C(F)(F)F)nc(C(F)F)c(C(=O)O)c1C1(C)CCC1. The van der Waals surface area contributed by atoms with Crippen LogP contribution in [0.4, 0.5) is 22.0 Å². The Hall–Kier alpha value is -2.85. The van der Waals surface area contributed by atoms with E-state index in [1.807, 2.05) is 0 Å². The summed E-state index contributed by atoms with van der Waals surface area (Å²) in [6.45, 7) is 2.88. The van der Waals surface area contributed by atoms with E-state index < -0.39 is 58.0 Å². The van der Waals surface area contributed by atoms with Gasteiger partial charge in [0.1, 0.15) is 5.69 Å². The van der Waals surface area contributed by atoms with E-state index in [0.29, 0.717) is 11.1 Å². The van der Waals surface area contributed by atoms with Gasteiger partial charge in [0.15, 0.2) is 5.69 Å². The first kappa shape index (κ1) is 20.9. The minimum atomic E-state index is -5.26. The highest BCUT2D eigenvalue weighted by Crippen LogP contribution is 2.49. The molecule has 1 fully saturated rings. The number of alkyl halides is 5. The Kier molecular flexibility index (Phi) is 4.96. The summed E-state index contributed by atoms with van der Waals surface area (Å²) < 4.78 is 69.1. The van der Waals surface area contributed by atoms with Crippen molar-refractivity contribution in [1.82, 2.24) is 14.8 Å². The smallest absolute Gasteiger partial charge is 0.434 e. The zero-order valence-corrected chi connectivity index (χ0v) is 15.3. The molecule has 2 heterocycles. The van der Waals surface area contributed by atoms with Gasteiger partial charge in [-0.2, -0.15) is 18.3 Å². The quantitative estimate of drug-likeness (QED) is 0.747. The number of carbonyl (C=O) groups is 2. The zero-order valence-electron chi connectivity index (χ0n) is 15.3. The van der Waals surface area contributed by atoms with Crippen LogP contribution in [-0.4, -0.2) is 31.7 Å². The predicted molar refractivity (Wildman–Crippen MR) is 89.1 cm³/mol. The summed E-state index contributed by atoms with van der Waals surface area (Å²) in [5.41, 5.74) is -6.98. The number of aromatic nitrogens is 3. The number of hydrogen-bond acceptors (Lipinski definition) is 4. The molecule has 3 rings (SSSR count). The van der Waals surface area contributed by atoms with E-state index >= 15 is 0 Å². The molecule has 11 heteroatoms. The average Bonchev–Trinajstić information content (AvgIpc) is 3.02. The van der Waals surface area contributed by atoms with Crippen LogP contribution in [0, 0.1) is 6.92 Å². The number of carboxylic acid groups (broad SMARTS) is 1. The molecule has 0 spiro atoms. The Morgan fingerprint density at radius 1 is 1.24 bits per heavy atom. The Morgan fingerprint density at radius 3 is 2.24 bits per heavy atom. The number of nitrogens with zero attached hydrogens (tertiary/aromatic N) is 3. The second-order valence-corrected chi connectivity index (χ2v) is 7.18. The summed E-state index contributed by atoms with van der Waals surface area (Å²) in [5.74, 6) is -3.13. The molecule has 6 nitrogen and oxygen atoms in total. The van der Waals surface area contributed by atoms with Crippen LogP contribution in [0.2, 0.25) is 0 Å². The number of hydrogen-bond donors (Lipinski definition) is 1. The molecule has 0 aromatic carbocycles. The van der Waals surface area contributed by atoms with Gasteiger partial charge in [-0.1, -0.05) is 13.3 Å². The lowest BCUT2D eigenvalue weighted by Gasteiger charge is -2.41. The Labute approximate surface area is 161 Å². The van der Waals surface area contributed by atoms with Gasteiger partial charge in [-0.25, -0.2) is 23.2 Å². The molecule has 1 N–H and O–H groups in total. The molecule has 0 radical (unpaired) electrons. The van der Waals surface area contributed by atoms with Gasteiger partial charge >= 0.3 is 12.1 Å². The maximum Gasteiger partial charge on any atom is 0.434 e. The third-order valence-electron chi connectivity index (χ3n) is 5.21. The highest BCUT2D eigenvalue weighted by atomic mass is 19.4. The van der Waals surface area contributed by atoms with Crippen LogP contribution in [0.1, 0.15) is 76.0 Å². The molecule has 156 valence electrons. The minimum absolute atomic E-state index is 0.197. The largest absolute Gasteiger partial charge is 0.478 e. The Balaban J connectivity index is 2.50. The minimum Gasteiger partial charge on any atom is -0.478 e. The summed E-state index contributed by atoms with van der Waals surface area (Å²) in [6, 6.07) is 1.37. The van der Waals surface area contributed by atoms with Crippen molar-refractivity contribution in [3.05, 3.63) is 46.0 Å². The third kappa shape index (κ3) is 3.38. The molecule has 2 aromatic rings. The molecule has 1 aliphatic carbocycles. The lowest BCUT2D eigenvalue weighted by Crippen LogP contribution is -2.38. The molecule has 29 heavy (non-hydrogen) atoms. The Morgan fingerprint density at radius 2 is 1.86 bits per heavy atom. The van der Waals surface area contributed by atoms with E-state index in [4.69, 9.17) is 0 Å². The summed E-state index contributed by atoms with van der Waals surface area (Å²) in [6.07, 6.45) is -6.60. The number of aryl methyl sites for hydroxylation is 1. The fourth-order valence-corrected chi connectivity index (χ4v) is 3.64. The topological polar surface area (TPSA) is 85.1 Å². The first-order valence-electron chi connectivity index (χ1n) is 8.61. The molecule has 0 unspecified atom stereocenters. The zero-order chi connectivity index (χ0) is 21.7. The summed E-state index contributed by atoms with van der Waals surface area (Å²) in [7, 11) is 0. The molecular formula is C18H16F5N3O3. The average molecular weight is 417 g/mol. The molecular weight excluding hydrogens is 401 g/mol. The predicted octanol–water partition coefficient (Wildman–Crippen LogP) is 4.37. The first-order valence-corrected chi connectivity index (χ1v) is 8.61. The van der Waals surface area contributed by atoms with Gasteiger partial charge in [-0.3, -0.25) is 4.79 Å². The van der Waals surface area contributed by atoms with Gasteiger partial charge in [0.25, 0.3) is 12.3 Å². The van der Waals surface area contributed by atoms with Crippen LogP contribution in [0.5, 0.6) is 0 Å². The van der Waals surface area contributed by atoms with Gasteiger partial charge in [-0.15, -0.1) is 0 Å². The highest BCUT2D eigenvalue weighted by molar-refractivity contribution is 6.03. The molecule has 1 aliphatic rings. The molecule has 2 aromatic heterocycles. The van der Waals surface area contributed by atoms with E-state index in [-0.39, 0.29) is 18.5 Å². The molecule has 1 saturated carbocycles. The van der Waals surface area contributed by atoms with Crippen molar-refractivity contribution in [3.63, 3.8) is 0 Å². The molecule has 0 saturated heterocycles. The highest BCUT2D eigenvalue weighted by Gasteiger charge is 2.48. The van der Waals surface area contributed by atoms with E-state index in [1.165, 1.54) is 26.1 Å². The maximum absolute atomic E-state index is 13.8. The van der Waals surface area contributed by atoms with E-state index in [2.05, 4.69) is 10.1 Å². The number of aromatic carboxylic acids is 1. The van der Waals surface area contributed by atoms with Crippen molar-refractivity contribution in [2.45, 2.75) is 51.1 Å². The maximum atomic E-state index is 13.8. The van der Waals surface area contributed by atoms with E-state index in [9.17, 15) is 36.6 Å². The fourth-order valence-electron chi connectivity index (χ4n) is 3.64. The summed E-state index contributed by atoms with van der Waals surface area (Å²) in [4.78, 5) is 27.8.